The Morgan fingerprint density at radius 2 is 0.511 bits per heavy atom. The summed E-state index contributed by atoms with van der Waals surface area (Å²) < 4.78 is 5.51. The molecule has 544 valence electrons. The average molecular weight is 1290 g/mol. The first-order chi connectivity index (χ1) is 45.5. The standard InChI is InChI=1S/C86H165NO5/c1-3-5-7-9-11-13-15-17-19-21-22-40-43-47-50-54-58-62-66-70-74-78-84(89)83(82-88)87-85(90)79-75-71-67-63-59-55-51-48-44-41-38-36-34-32-30-28-26-24-23-25-27-29-31-33-35-37-39-42-45-49-53-57-61-65-69-73-77-81-92-86(91)80-76-72-68-64-60-56-52-46-20-18-16-14-12-10-8-6-4-2/h18,20,23,25,74,78,83-84,88-89H,3-17,19,21-22,24,26-73,75-77,79-82H2,1-2H3,(H,87,90)/b20-18-,25-23-,78-74+. The van der Waals surface area contributed by atoms with Gasteiger partial charge in [-0.1, -0.05) is 416 Å². The quantitative estimate of drug-likeness (QED) is 0.0320. The van der Waals surface area contributed by atoms with Crippen molar-refractivity contribution in [3.63, 3.8) is 0 Å². The first-order valence-corrected chi connectivity index (χ1v) is 42.3. The second-order valence-corrected chi connectivity index (χ2v) is 29.2. The van der Waals surface area contributed by atoms with E-state index >= 15 is 0 Å². The molecule has 0 aliphatic rings. The Hall–Kier alpha value is -1.92. The van der Waals surface area contributed by atoms with E-state index in [0.29, 0.717) is 19.4 Å². The number of rotatable bonds is 80. The van der Waals surface area contributed by atoms with Gasteiger partial charge in [0.2, 0.25) is 5.91 Å². The fourth-order valence-electron chi connectivity index (χ4n) is 13.5. The van der Waals surface area contributed by atoms with Crippen LogP contribution in [0.3, 0.4) is 0 Å². The van der Waals surface area contributed by atoms with Gasteiger partial charge < -0.3 is 20.3 Å². The molecule has 0 bridgehead atoms. The average Bonchev–Trinajstić information content (AvgIpc) is 3.62. The molecular formula is C86H165NO5. The van der Waals surface area contributed by atoms with Crippen LogP contribution in [-0.2, 0) is 14.3 Å². The Balaban J connectivity index is 3.35. The molecule has 6 nitrogen and oxygen atoms in total. The summed E-state index contributed by atoms with van der Waals surface area (Å²) in [6.45, 7) is 4.95. The molecule has 92 heavy (non-hydrogen) atoms. The summed E-state index contributed by atoms with van der Waals surface area (Å²) in [4.78, 5) is 24.7. The molecule has 0 fully saturated rings. The summed E-state index contributed by atoms with van der Waals surface area (Å²) in [5.74, 6) is -0.0404. The van der Waals surface area contributed by atoms with Crippen LogP contribution < -0.4 is 5.32 Å². The van der Waals surface area contributed by atoms with Gasteiger partial charge in [0.05, 0.1) is 25.4 Å². The second-order valence-electron chi connectivity index (χ2n) is 29.2. The zero-order chi connectivity index (χ0) is 66.3. The summed E-state index contributed by atoms with van der Waals surface area (Å²) >= 11 is 0. The van der Waals surface area contributed by atoms with Crippen molar-refractivity contribution in [2.24, 2.45) is 0 Å². The lowest BCUT2D eigenvalue weighted by atomic mass is 10.0. The van der Waals surface area contributed by atoms with E-state index in [2.05, 4.69) is 43.5 Å². The van der Waals surface area contributed by atoms with Crippen LogP contribution in [0.25, 0.3) is 0 Å². The number of nitrogens with one attached hydrogen (secondary N) is 1. The highest BCUT2D eigenvalue weighted by atomic mass is 16.5. The van der Waals surface area contributed by atoms with Gasteiger partial charge in [-0.2, -0.15) is 0 Å². The van der Waals surface area contributed by atoms with Crippen molar-refractivity contribution in [3.05, 3.63) is 36.5 Å². The number of hydrogen-bond acceptors (Lipinski definition) is 5. The lowest BCUT2D eigenvalue weighted by molar-refractivity contribution is -0.143. The zero-order valence-corrected chi connectivity index (χ0v) is 62.6. The van der Waals surface area contributed by atoms with Crippen molar-refractivity contribution in [2.75, 3.05) is 13.2 Å². The SMILES string of the molecule is CCCCCCCC/C=C\CCCCCCCCCC(=O)OCCCCCCCCCCCCCCCCCC/C=C\CCCCCCCCCCCCCCCCCCCC(=O)NC(CO)C(O)/C=C/CCCCCCCCCCCCCCCCCCCCC. The van der Waals surface area contributed by atoms with Crippen LogP contribution in [0.15, 0.2) is 36.5 Å². The fourth-order valence-corrected chi connectivity index (χ4v) is 13.5. The van der Waals surface area contributed by atoms with E-state index in [9.17, 15) is 19.8 Å². The van der Waals surface area contributed by atoms with E-state index in [1.165, 1.54) is 405 Å². The number of carbonyl (C=O) groups is 2. The van der Waals surface area contributed by atoms with Crippen LogP contribution in [0.2, 0.25) is 0 Å². The third-order valence-electron chi connectivity index (χ3n) is 19.9. The van der Waals surface area contributed by atoms with Gasteiger partial charge in [-0.25, -0.2) is 0 Å². The maximum atomic E-state index is 12.5. The van der Waals surface area contributed by atoms with Crippen molar-refractivity contribution in [2.45, 2.75) is 488 Å². The number of aliphatic hydroxyl groups is 2. The Kier molecular flexibility index (Phi) is 79.8. The molecule has 0 aliphatic heterocycles. The number of aliphatic hydroxyl groups excluding tert-OH is 2. The molecule has 0 rings (SSSR count). The van der Waals surface area contributed by atoms with Gasteiger partial charge >= 0.3 is 5.97 Å². The van der Waals surface area contributed by atoms with Gasteiger partial charge in [0.1, 0.15) is 0 Å². The molecular weight excluding hydrogens is 1130 g/mol. The van der Waals surface area contributed by atoms with Crippen molar-refractivity contribution >= 4 is 11.9 Å². The Morgan fingerprint density at radius 3 is 0.772 bits per heavy atom. The zero-order valence-electron chi connectivity index (χ0n) is 62.6. The largest absolute Gasteiger partial charge is 0.466 e. The summed E-state index contributed by atoms with van der Waals surface area (Å²) in [6.07, 6.45) is 107. The second kappa shape index (κ2) is 81.5. The molecule has 2 atom stereocenters. The summed E-state index contributed by atoms with van der Waals surface area (Å²) in [6, 6.07) is -0.626. The Morgan fingerprint density at radius 1 is 0.293 bits per heavy atom. The minimum Gasteiger partial charge on any atom is -0.466 e. The smallest absolute Gasteiger partial charge is 0.305 e. The molecule has 0 aromatic heterocycles. The van der Waals surface area contributed by atoms with Crippen LogP contribution in [-0.4, -0.2) is 47.4 Å². The minimum absolute atomic E-state index is 0.0188. The molecule has 0 aliphatic carbocycles. The highest BCUT2D eigenvalue weighted by Gasteiger charge is 2.18. The number of amides is 1. The maximum absolute atomic E-state index is 12.5. The van der Waals surface area contributed by atoms with Crippen LogP contribution in [0.1, 0.15) is 476 Å². The van der Waals surface area contributed by atoms with Crippen molar-refractivity contribution in [1.82, 2.24) is 5.32 Å². The third kappa shape index (κ3) is 77.1. The van der Waals surface area contributed by atoms with Gasteiger partial charge in [0.15, 0.2) is 0 Å². The van der Waals surface area contributed by atoms with Gasteiger partial charge in [-0.15, -0.1) is 0 Å². The monoisotopic (exact) mass is 1290 g/mol. The summed E-state index contributed by atoms with van der Waals surface area (Å²) in [7, 11) is 0. The number of carbonyl (C=O) groups excluding carboxylic acids is 2. The van der Waals surface area contributed by atoms with Crippen molar-refractivity contribution in [3.8, 4) is 0 Å². The number of allylic oxidation sites excluding steroid dienone is 5. The van der Waals surface area contributed by atoms with E-state index in [0.717, 1.165) is 44.9 Å². The molecule has 0 aromatic rings. The van der Waals surface area contributed by atoms with Gasteiger partial charge in [-0.3, -0.25) is 9.59 Å². The molecule has 1 amide bonds. The van der Waals surface area contributed by atoms with Crippen LogP contribution in [0.5, 0.6) is 0 Å². The van der Waals surface area contributed by atoms with E-state index in [4.69, 9.17) is 4.74 Å². The molecule has 0 spiro atoms. The summed E-state index contributed by atoms with van der Waals surface area (Å²) in [5.41, 5.74) is 0. The molecule has 3 N–H and O–H groups in total. The first-order valence-electron chi connectivity index (χ1n) is 42.3. The first kappa shape index (κ1) is 90.1. The molecule has 6 heteroatoms. The van der Waals surface area contributed by atoms with E-state index in [1.54, 1.807) is 6.08 Å². The third-order valence-corrected chi connectivity index (χ3v) is 19.9. The fraction of sp³-hybridized carbons (Fsp3) is 0.907. The van der Waals surface area contributed by atoms with Crippen molar-refractivity contribution < 1.29 is 24.5 Å². The predicted octanol–water partition coefficient (Wildman–Crippen LogP) is 28.2. The normalized spacial score (nSPS) is 12.6. The molecule has 0 aromatic carbocycles. The lowest BCUT2D eigenvalue weighted by Crippen LogP contribution is -2.45. The number of hydrogen-bond donors (Lipinski definition) is 3. The molecule has 2 unspecified atom stereocenters. The van der Waals surface area contributed by atoms with Gasteiger partial charge in [0.25, 0.3) is 0 Å². The molecule has 0 heterocycles. The highest BCUT2D eigenvalue weighted by Crippen LogP contribution is 2.20. The predicted molar refractivity (Wildman–Crippen MR) is 407 cm³/mol. The van der Waals surface area contributed by atoms with Crippen molar-refractivity contribution in [1.29, 1.82) is 0 Å². The number of esters is 1. The summed E-state index contributed by atoms with van der Waals surface area (Å²) in [5, 5.41) is 23.3. The molecule has 0 saturated carbocycles. The Labute approximate surface area is 576 Å². The minimum atomic E-state index is -0.843. The van der Waals surface area contributed by atoms with E-state index in [-0.39, 0.29) is 18.5 Å². The number of ether oxygens (including phenoxy) is 1. The topological polar surface area (TPSA) is 95.9 Å². The lowest BCUT2D eigenvalue weighted by Gasteiger charge is -2.20. The number of unbranched alkanes of at least 4 members (excludes halogenated alkanes) is 65. The van der Waals surface area contributed by atoms with Crippen LogP contribution in [0.4, 0.5) is 0 Å². The van der Waals surface area contributed by atoms with Gasteiger partial charge in [0, 0.05) is 12.8 Å². The van der Waals surface area contributed by atoms with Crippen LogP contribution in [0, 0.1) is 0 Å². The molecule has 0 saturated heterocycles. The van der Waals surface area contributed by atoms with E-state index < -0.39 is 12.1 Å². The Bertz CT molecular complexity index is 1490. The van der Waals surface area contributed by atoms with Crippen LogP contribution >= 0.6 is 0 Å². The highest BCUT2D eigenvalue weighted by molar-refractivity contribution is 5.76. The maximum Gasteiger partial charge on any atom is 0.305 e. The van der Waals surface area contributed by atoms with Gasteiger partial charge in [-0.05, 0) is 83.5 Å². The van der Waals surface area contributed by atoms with E-state index in [1.807, 2.05) is 6.08 Å². The molecule has 0 radical (unpaired) electrons.